The van der Waals surface area contributed by atoms with Gasteiger partial charge in [-0.05, 0) is 68.8 Å². The highest BCUT2D eigenvalue weighted by atomic mass is 32.1. The molecule has 3 amide bonds. The molecule has 14 heteroatoms. The number of aromatic hydroxyl groups is 1. The van der Waals surface area contributed by atoms with Crippen molar-refractivity contribution in [3.05, 3.63) is 58.6 Å². The lowest BCUT2D eigenvalue weighted by atomic mass is 9.92. The highest BCUT2D eigenvalue weighted by Crippen LogP contribution is 2.32. The van der Waals surface area contributed by atoms with E-state index in [1.54, 1.807) is 47.5 Å². The minimum atomic E-state index is -0.901. The minimum absolute atomic E-state index is 0.0835. The highest BCUT2D eigenvalue weighted by Gasteiger charge is 2.39. The highest BCUT2D eigenvalue weighted by molar-refractivity contribution is 7.09. The monoisotopic (exact) mass is 783 g/mol. The quantitative estimate of drug-likeness (QED) is 0.0460. The van der Waals surface area contributed by atoms with E-state index in [-0.39, 0.29) is 66.8 Å². The molecule has 1 aromatic heterocycles. The number of nitrogens with one attached hydrogen (secondary N) is 2. The third-order valence-corrected chi connectivity index (χ3v) is 11.1. The average Bonchev–Trinajstić information content (AvgIpc) is 3.65. The first-order chi connectivity index (χ1) is 26.2. The number of thiazole rings is 1. The van der Waals surface area contributed by atoms with Crippen LogP contribution in [0.4, 0.5) is 0 Å². The van der Waals surface area contributed by atoms with E-state index in [1.165, 1.54) is 18.3 Å². The zero-order chi connectivity index (χ0) is 40.7. The maximum absolute atomic E-state index is 14.6. The number of carbonyl (C=O) groups excluding carboxylic acids is 5. The first kappa shape index (κ1) is 45.3. The van der Waals surface area contributed by atoms with Gasteiger partial charge in [0.2, 0.25) is 11.8 Å². The summed E-state index contributed by atoms with van der Waals surface area (Å²) in [5.41, 5.74) is 1.00. The molecular formula is C41H61N5O8S. The molecular weight excluding hydrogens is 723 g/mol. The second-order valence-electron chi connectivity index (χ2n) is 15.1. The van der Waals surface area contributed by atoms with Gasteiger partial charge in [-0.1, -0.05) is 65.7 Å². The fourth-order valence-corrected chi connectivity index (χ4v) is 7.71. The molecule has 0 saturated carbocycles. The predicted octanol–water partition coefficient (Wildman–Crippen LogP) is 5.44. The molecule has 55 heavy (non-hydrogen) atoms. The number of phenols is 1. The zero-order valence-electron chi connectivity index (χ0n) is 33.5. The number of rotatable bonds is 22. The van der Waals surface area contributed by atoms with Crippen LogP contribution >= 0.6 is 11.3 Å². The number of aldehydes is 1. The number of hydrogen-bond acceptors (Lipinski definition) is 11. The first-order valence-electron chi connectivity index (χ1n) is 19.3. The number of carbonyl (C=O) groups is 5. The van der Waals surface area contributed by atoms with Gasteiger partial charge in [0.25, 0.3) is 5.91 Å². The Morgan fingerprint density at radius 3 is 2.42 bits per heavy atom. The Balaban J connectivity index is 1.91. The second kappa shape index (κ2) is 22.4. The van der Waals surface area contributed by atoms with E-state index in [1.807, 2.05) is 39.6 Å². The number of nitrogens with zero attached hydrogens (tertiary/aromatic N) is 3. The maximum atomic E-state index is 14.6. The summed E-state index contributed by atoms with van der Waals surface area (Å²) < 4.78 is 11.7. The predicted molar refractivity (Wildman–Crippen MR) is 212 cm³/mol. The Bertz CT molecular complexity index is 1570. The van der Waals surface area contributed by atoms with E-state index in [9.17, 15) is 29.1 Å². The van der Waals surface area contributed by atoms with Crippen molar-refractivity contribution in [1.29, 1.82) is 0 Å². The lowest BCUT2D eigenvalue weighted by molar-refractivity contribution is -0.152. The van der Waals surface area contributed by atoms with E-state index < -0.39 is 36.1 Å². The van der Waals surface area contributed by atoms with Crippen LogP contribution in [0, 0.1) is 17.8 Å². The van der Waals surface area contributed by atoms with E-state index in [2.05, 4.69) is 22.2 Å². The molecule has 3 rings (SSSR count). The first-order valence-corrected chi connectivity index (χ1v) is 20.2. The lowest BCUT2D eigenvalue weighted by Gasteiger charge is -2.39. The van der Waals surface area contributed by atoms with Gasteiger partial charge < -0.3 is 34.9 Å². The fraction of sp³-hybridized carbons (Fsp3) is 0.610. The summed E-state index contributed by atoms with van der Waals surface area (Å²) in [6, 6.07) is 4.61. The van der Waals surface area contributed by atoms with Crippen LogP contribution in [0.1, 0.15) is 107 Å². The third kappa shape index (κ3) is 13.8. The molecule has 2 aromatic rings. The van der Waals surface area contributed by atoms with Crippen LogP contribution in [0.2, 0.25) is 0 Å². The minimum Gasteiger partial charge on any atom is -0.508 e. The van der Waals surface area contributed by atoms with E-state index in [4.69, 9.17) is 9.47 Å². The molecule has 1 aliphatic heterocycles. The third-order valence-electron chi connectivity index (χ3n) is 10.2. The number of esters is 1. The van der Waals surface area contributed by atoms with Crippen molar-refractivity contribution in [1.82, 2.24) is 25.4 Å². The largest absolute Gasteiger partial charge is 0.508 e. The second-order valence-corrected chi connectivity index (χ2v) is 16.0. The summed E-state index contributed by atoms with van der Waals surface area (Å²) in [7, 11) is 1.93. The molecule has 7 atom stereocenters. The summed E-state index contributed by atoms with van der Waals surface area (Å²) in [6.07, 6.45) is 5.86. The number of hydrogen-bond donors (Lipinski definition) is 3. The number of ether oxygens (including phenoxy) is 2. The number of benzene rings is 1. The number of aromatic nitrogens is 1. The summed E-state index contributed by atoms with van der Waals surface area (Å²) in [4.78, 5) is 74.1. The van der Waals surface area contributed by atoms with Gasteiger partial charge in [-0.15, -0.1) is 17.9 Å². The van der Waals surface area contributed by atoms with Crippen LogP contribution in [0.3, 0.4) is 0 Å². The van der Waals surface area contributed by atoms with Gasteiger partial charge >= 0.3 is 5.97 Å². The van der Waals surface area contributed by atoms with Gasteiger partial charge in [-0.2, -0.15) is 0 Å². The van der Waals surface area contributed by atoms with Crippen LogP contribution in [-0.2, 0) is 35.1 Å². The smallest absolute Gasteiger partial charge is 0.303 e. The van der Waals surface area contributed by atoms with Gasteiger partial charge in [0.1, 0.15) is 35.5 Å². The summed E-state index contributed by atoms with van der Waals surface area (Å²) in [5.74, 6) is -1.97. The van der Waals surface area contributed by atoms with E-state index >= 15 is 0 Å². The number of likely N-dealkylation sites (tertiary alicyclic amines) is 1. The average molecular weight is 784 g/mol. The number of phenolic OH excluding ortho intramolecular Hbond substituents is 1. The molecule has 0 radical (unpaired) electrons. The molecule has 1 aromatic carbocycles. The van der Waals surface area contributed by atoms with Crippen LogP contribution < -0.4 is 10.6 Å². The SMILES string of the molecule is C=CCOCN(C(=O)[C@@H](NC(=O)[C@H]1CCCCN1C)C(C)CC)[C@H](C[C@@H](OC(C)=O)c1nc(C(=O)N[C@@H](Cc2ccc(O)cc2)C[C@H](C)C=O)cs1)C(C)C. The Kier molecular flexibility index (Phi) is 18.4. The number of amides is 3. The van der Waals surface area contributed by atoms with Gasteiger partial charge in [0, 0.05) is 36.7 Å². The molecule has 0 spiro atoms. The van der Waals surface area contributed by atoms with Crippen LogP contribution in [0.25, 0.3) is 0 Å². The molecule has 1 unspecified atom stereocenters. The van der Waals surface area contributed by atoms with Crippen molar-refractivity contribution in [3.63, 3.8) is 0 Å². The summed E-state index contributed by atoms with van der Waals surface area (Å²) in [6.45, 7) is 15.6. The lowest BCUT2D eigenvalue weighted by Crippen LogP contribution is -2.59. The summed E-state index contributed by atoms with van der Waals surface area (Å²) >= 11 is 1.17. The molecule has 1 fully saturated rings. The van der Waals surface area contributed by atoms with E-state index in [0.29, 0.717) is 24.3 Å². The molecule has 3 N–H and O–H groups in total. The number of piperidine rings is 1. The van der Waals surface area contributed by atoms with Gasteiger partial charge in [-0.25, -0.2) is 4.98 Å². The Morgan fingerprint density at radius 2 is 1.82 bits per heavy atom. The summed E-state index contributed by atoms with van der Waals surface area (Å²) in [5, 5.41) is 17.8. The van der Waals surface area contributed by atoms with Crippen LogP contribution in [0.5, 0.6) is 5.75 Å². The molecule has 0 aliphatic carbocycles. The van der Waals surface area contributed by atoms with Gasteiger partial charge in [-0.3, -0.25) is 24.1 Å². The van der Waals surface area contributed by atoms with Gasteiger partial charge in [0.15, 0.2) is 6.10 Å². The van der Waals surface area contributed by atoms with E-state index in [0.717, 1.165) is 37.7 Å². The van der Waals surface area contributed by atoms with Gasteiger partial charge in [0.05, 0.1) is 12.6 Å². The van der Waals surface area contributed by atoms with Crippen molar-refractivity contribution in [2.75, 3.05) is 26.9 Å². The Labute approximate surface area is 330 Å². The van der Waals surface area contributed by atoms with Crippen molar-refractivity contribution in [2.24, 2.45) is 17.8 Å². The molecule has 13 nitrogen and oxygen atoms in total. The van der Waals surface area contributed by atoms with Crippen LogP contribution in [-0.4, -0.2) is 101 Å². The topological polar surface area (TPSA) is 167 Å². The molecule has 2 heterocycles. The molecule has 1 saturated heterocycles. The molecule has 1 aliphatic rings. The van der Waals surface area contributed by atoms with Crippen molar-refractivity contribution in [2.45, 2.75) is 117 Å². The van der Waals surface area contributed by atoms with Crippen molar-refractivity contribution < 1.29 is 38.6 Å². The Morgan fingerprint density at radius 1 is 1.11 bits per heavy atom. The molecule has 0 bridgehead atoms. The molecule has 304 valence electrons. The maximum Gasteiger partial charge on any atom is 0.303 e. The van der Waals surface area contributed by atoms with Crippen molar-refractivity contribution in [3.8, 4) is 5.75 Å². The standard InChI is InChI=1S/C41H61N5O8S/c1-9-19-53-25-46(41(52)37(28(6)10-2)44-39(51)34-13-11-12-18-45(34)8)35(26(3)4)22-36(54-29(7)48)40-43-33(24-55-40)38(50)42-31(20-27(5)23-47)21-30-14-16-32(49)17-15-30/h9,14-17,23-24,26-28,31,34-37,49H,1,10-13,18-22,25H2,2-8H3,(H,42,50)(H,44,51)/t27-,28?,31+,34+,35+,36+,37-/m0/s1. The number of likely N-dealkylation sites (N-methyl/N-ethyl adjacent to an activating group) is 1. The van der Waals surface area contributed by atoms with Crippen molar-refractivity contribution >= 4 is 41.3 Å². The van der Waals surface area contributed by atoms with Crippen LogP contribution in [0.15, 0.2) is 42.3 Å². The fourth-order valence-electron chi connectivity index (χ4n) is 6.87. The normalized spacial score (nSPS) is 17.9. The Hall–Kier alpha value is -4.14. The zero-order valence-corrected chi connectivity index (χ0v) is 34.3.